The summed E-state index contributed by atoms with van der Waals surface area (Å²) >= 11 is 0. The molecule has 12 aromatic rings. The van der Waals surface area contributed by atoms with E-state index in [4.69, 9.17) is 0 Å². The molecular weight excluding hydrogens is 777 g/mol. The summed E-state index contributed by atoms with van der Waals surface area (Å²) in [5.41, 5.74) is 16.0. The molecule has 4 heteroatoms. The molecular formula is C60H42N4. The van der Waals surface area contributed by atoms with Gasteiger partial charge in [-0.25, -0.2) is 0 Å². The predicted molar refractivity (Wildman–Crippen MR) is 270 cm³/mol. The van der Waals surface area contributed by atoms with Gasteiger partial charge in [0.2, 0.25) is 0 Å². The first-order valence-electron chi connectivity index (χ1n) is 21.8. The minimum atomic E-state index is 1.10. The van der Waals surface area contributed by atoms with Gasteiger partial charge in [0.05, 0.1) is 22.1 Å². The van der Waals surface area contributed by atoms with Crippen LogP contribution in [0.1, 0.15) is 0 Å². The van der Waals surface area contributed by atoms with Gasteiger partial charge in [-0.15, -0.1) is 0 Å². The lowest BCUT2D eigenvalue weighted by Crippen LogP contribution is -2.09. The zero-order valence-electron chi connectivity index (χ0n) is 35.0. The third kappa shape index (κ3) is 6.40. The standard InChI is InChI=1S/C60H42N4/c1-6-18-45(19-7-1)61(46-20-8-2-9-21-46)50-34-30-43(31-35-50)44-32-36-51(37-33-44)64-58-39-38-52(62(47-22-10-3-11-23-47)48-24-12-4-13-25-48)40-54(58)56-42-59-55(41-60(56)64)53-28-16-17-29-57(53)63(59)49-26-14-5-15-27-49/h1-42H. The number of rotatable bonds is 9. The van der Waals surface area contributed by atoms with E-state index in [2.05, 4.69) is 274 Å². The van der Waals surface area contributed by atoms with E-state index >= 15 is 0 Å². The molecule has 2 aromatic heterocycles. The molecule has 12 rings (SSSR count). The van der Waals surface area contributed by atoms with Crippen molar-refractivity contribution in [2.24, 2.45) is 0 Å². The van der Waals surface area contributed by atoms with E-state index in [0.29, 0.717) is 0 Å². The number of benzene rings is 10. The predicted octanol–water partition coefficient (Wildman–Crippen LogP) is 16.5. The van der Waals surface area contributed by atoms with Crippen LogP contribution in [0.3, 0.4) is 0 Å². The Morgan fingerprint density at radius 1 is 0.219 bits per heavy atom. The Morgan fingerprint density at radius 2 is 0.562 bits per heavy atom. The summed E-state index contributed by atoms with van der Waals surface area (Å²) in [5.74, 6) is 0. The van der Waals surface area contributed by atoms with Gasteiger partial charge >= 0.3 is 0 Å². The molecule has 0 spiro atoms. The molecule has 0 atom stereocenters. The van der Waals surface area contributed by atoms with Crippen molar-refractivity contribution in [3.63, 3.8) is 0 Å². The Hall–Kier alpha value is -8.60. The van der Waals surface area contributed by atoms with Crippen LogP contribution in [0.15, 0.2) is 255 Å². The second-order valence-electron chi connectivity index (χ2n) is 16.2. The van der Waals surface area contributed by atoms with Gasteiger partial charge in [-0.2, -0.15) is 0 Å². The van der Waals surface area contributed by atoms with Gasteiger partial charge in [0.25, 0.3) is 0 Å². The van der Waals surface area contributed by atoms with Gasteiger partial charge in [-0.3, -0.25) is 0 Å². The van der Waals surface area contributed by atoms with Crippen molar-refractivity contribution in [2.75, 3.05) is 9.80 Å². The molecule has 0 N–H and O–H groups in total. The van der Waals surface area contributed by atoms with Crippen LogP contribution in [-0.4, -0.2) is 9.13 Å². The quantitative estimate of drug-likeness (QED) is 0.144. The second kappa shape index (κ2) is 15.7. The maximum Gasteiger partial charge on any atom is 0.0548 e. The fourth-order valence-corrected chi connectivity index (χ4v) is 9.55. The second-order valence-corrected chi connectivity index (χ2v) is 16.2. The fraction of sp³-hybridized carbons (Fsp3) is 0. The van der Waals surface area contributed by atoms with Crippen molar-refractivity contribution >= 4 is 77.7 Å². The molecule has 302 valence electrons. The third-order valence-corrected chi connectivity index (χ3v) is 12.5. The van der Waals surface area contributed by atoms with Gasteiger partial charge in [0, 0.05) is 67.0 Å². The van der Waals surface area contributed by atoms with Gasteiger partial charge in [0.1, 0.15) is 0 Å². The summed E-state index contributed by atoms with van der Waals surface area (Å²) in [6, 6.07) is 91.7. The largest absolute Gasteiger partial charge is 0.311 e. The van der Waals surface area contributed by atoms with E-state index in [-0.39, 0.29) is 0 Å². The molecule has 0 aliphatic rings. The first-order chi connectivity index (χ1) is 31.8. The van der Waals surface area contributed by atoms with E-state index in [0.717, 1.165) is 51.0 Å². The first kappa shape index (κ1) is 37.2. The molecule has 2 heterocycles. The van der Waals surface area contributed by atoms with E-state index in [1.807, 2.05) is 0 Å². The summed E-state index contributed by atoms with van der Waals surface area (Å²) in [5, 5.41) is 4.85. The van der Waals surface area contributed by atoms with E-state index in [1.165, 1.54) is 49.2 Å². The molecule has 0 unspecified atom stereocenters. The minimum absolute atomic E-state index is 1.10. The normalized spacial score (nSPS) is 11.4. The molecule has 10 aromatic carbocycles. The van der Waals surface area contributed by atoms with E-state index in [9.17, 15) is 0 Å². The Labute approximate surface area is 372 Å². The molecule has 0 radical (unpaired) electrons. The van der Waals surface area contributed by atoms with Gasteiger partial charge in [0.15, 0.2) is 0 Å². The van der Waals surface area contributed by atoms with Crippen molar-refractivity contribution in [1.82, 2.24) is 9.13 Å². The van der Waals surface area contributed by atoms with Crippen LogP contribution in [0.4, 0.5) is 34.1 Å². The fourth-order valence-electron chi connectivity index (χ4n) is 9.55. The zero-order chi connectivity index (χ0) is 42.4. The maximum absolute atomic E-state index is 2.45. The highest BCUT2D eigenvalue weighted by Crippen LogP contribution is 2.43. The van der Waals surface area contributed by atoms with Crippen molar-refractivity contribution in [2.45, 2.75) is 0 Å². The molecule has 0 aliphatic heterocycles. The van der Waals surface area contributed by atoms with Crippen LogP contribution in [0.25, 0.3) is 66.1 Å². The number of hydrogen-bond acceptors (Lipinski definition) is 2. The number of para-hydroxylation sites is 6. The van der Waals surface area contributed by atoms with Gasteiger partial charge in [-0.05, 0) is 132 Å². The van der Waals surface area contributed by atoms with Crippen molar-refractivity contribution in [3.05, 3.63) is 255 Å². The summed E-state index contributed by atoms with van der Waals surface area (Å²) in [4.78, 5) is 4.65. The number of fused-ring (bicyclic) bond motifs is 6. The zero-order valence-corrected chi connectivity index (χ0v) is 35.0. The van der Waals surface area contributed by atoms with Crippen molar-refractivity contribution in [3.8, 4) is 22.5 Å². The van der Waals surface area contributed by atoms with Crippen LogP contribution in [0.5, 0.6) is 0 Å². The Kier molecular flexibility index (Phi) is 9.12. The van der Waals surface area contributed by atoms with Gasteiger partial charge in [-0.1, -0.05) is 133 Å². The Bertz CT molecular complexity index is 3480. The van der Waals surface area contributed by atoms with Gasteiger partial charge < -0.3 is 18.9 Å². The third-order valence-electron chi connectivity index (χ3n) is 12.5. The Balaban J connectivity index is 1.02. The monoisotopic (exact) mass is 818 g/mol. The summed E-state index contributed by atoms with van der Waals surface area (Å²) in [6.45, 7) is 0. The van der Waals surface area contributed by atoms with Crippen LogP contribution in [0.2, 0.25) is 0 Å². The van der Waals surface area contributed by atoms with Crippen LogP contribution in [-0.2, 0) is 0 Å². The number of hydrogen-bond donors (Lipinski definition) is 0. The van der Waals surface area contributed by atoms with E-state index < -0.39 is 0 Å². The molecule has 0 bridgehead atoms. The summed E-state index contributed by atoms with van der Waals surface area (Å²) < 4.78 is 4.86. The highest BCUT2D eigenvalue weighted by Gasteiger charge is 2.21. The molecule has 0 amide bonds. The average Bonchev–Trinajstić information content (AvgIpc) is 3.87. The lowest BCUT2D eigenvalue weighted by molar-refractivity contribution is 1.17. The first-order valence-corrected chi connectivity index (χ1v) is 21.8. The molecule has 0 aliphatic carbocycles. The van der Waals surface area contributed by atoms with Crippen LogP contribution in [0, 0.1) is 0 Å². The molecule has 0 saturated carbocycles. The van der Waals surface area contributed by atoms with E-state index in [1.54, 1.807) is 0 Å². The van der Waals surface area contributed by atoms with Crippen molar-refractivity contribution in [1.29, 1.82) is 0 Å². The topological polar surface area (TPSA) is 16.3 Å². The highest BCUT2D eigenvalue weighted by atomic mass is 15.1. The highest BCUT2D eigenvalue weighted by molar-refractivity contribution is 6.19. The number of nitrogens with zero attached hydrogens (tertiary/aromatic N) is 4. The smallest absolute Gasteiger partial charge is 0.0548 e. The SMILES string of the molecule is c1ccc(N(c2ccccc2)c2ccc(-c3ccc(-n4c5ccc(N(c6ccccc6)c6ccccc6)cc5c5cc6c(cc54)c4ccccc4n6-c4ccccc4)cc3)cc2)cc1. The maximum atomic E-state index is 2.45. The lowest BCUT2D eigenvalue weighted by atomic mass is 10.0. The number of anilines is 6. The Morgan fingerprint density at radius 3 is 1.08 bits per heavy atom. The minimum Gasteiger partial charge on any atom is -0.311 e. The molecule has 64 heavy (non-hydrogen) atoms. The number of aromatic nitrogens is 2. The van der Waals surface area contributed by atoms with Crippen LogP contribution >= 0.6 is 0 Å². The average molecular weight is 819 g/mol. The summed E-state index contributed by atoms with van der Waals surface area (Å²) in [6.07, 6.45) is 0. The lowest BCUT2D eigenvalue weighted by Gasteiger charge is -2.25. The molecule has 0 saturated heterocycles. The molecule has 4 nitrogen and oxygen atoms in total. The van der Waals surface area contributed by atoms with Crippen molar-refractivity contribution < 1.29 is 0 Å². The van der Waals surface area contributed by atoms with Crippen LogP contribution < -0.4 is 9.80 Å². The molecule has 0 fully saturated rings. The summed E-state index contributed by atoms with van der Waals surface area (Å²) in [7, 11) is 0.